The quantitative estimate of drug-likeness (QED) is 0.0798. The number of fused-ring (bicyclic) bond motifs is 4. The van der Waals surface area contributed by atoms with Gasteiger partial charge in [0.1, 0.15) is 48.6 Å². The maximum absolute atomic E-state index is 16.6. The van der Waals surface area contributed by atoms with Crippen LogP contribution >= 0.6 is 0 Å². The van der Waals surface area contributed by atoms with Gasteiger partial charge in [0.15, 0.2) is 0 Å². The highest BCUT2D eigenvalue weighted by Crippen LogP contribution is 2.66. The monoisotopic (exact) mass is 942 g/mol. The lowest BCUT2D eigenvalue weighted by Gasteiger charge is -2.46. The number of carbonyl (C=O) groups excluding carboxylic acids is 4. The maximum atomic E-state index is 16.6. The molecule has 6 aromatic rings. The Labute approximate surface area is 405 Å². The number of esters is 1. The first-order valence-electron chi connectivity index (χ1n) is 24.0. The largest absolute Gasteiger partial charge is 0.491 e. The molecule has 3 fully saturated rings. The van der Waals surface area contributed by atoms with Crippen molar-refractivity contribution >= 4 is 40.6 Å². The fourth-order valence-electron chi connectivity index (χ4n) is 11.1. The molecule has 4 aliphatic rings. The van der Waals surface area contributed by atoms with E-state index < -0.39 is 59.4 Å². The number of aromatic nitrogens is 3. The van der Waals surface area contributed by atoms with Gasteiger partial charge in [-0.2, -0.15) is 0 Å². The lowest BCUT2D eigenvalue weighted by atomic mass is 9.64. The van der Waals surface area contributed by atoms with E-state index in [9.17, 15) is 9.90 Å². The molecule has 3 amide bonds. The SMILES string of the molecule is COCCOC(=O)N1C(=O)[C@@]2(c3cc(C#CCn4nnc5ccccc54)ccc31)[C@H](C(=O)N1CCCCCCC1)[C@H]1C(=O)O[C@H](c3ccccc3)[C@H](c3ccccc3)N1[C@@H]2c1cccc(OCCO)c1. The van der Waals surface area contributed by atoms with E-state index in [0.29, 0.717) is 41.1 Å². The number of hydrogen-bond acceptors (Lipinski definition) is 12. The van der Waals surface area contributed by atoms with Gasteiger partial charge in [-0.3, -0.25) is 19.3 Å². The van der Waals surface area contributed by atoms with Crippen molar-refractivity contribution in [1.82, 2.24) is 24.8 Å². The van der Waals surface area contributed by atoms with E-state index in [-0.39, 0.29) is 38.7 Å². The summed E-state index contributed by atoms with van der Waals surface area (Å²) in [6.07, 6.45) is 2.51. The molecule has 0 radical (unpaired) electrons. The minimum atomic E-state index is -1.99. The molecule has 5 heterocycles. The second-order valence-corrected chi connectivity index (χ2v) is 18.0. The fraction of sp³-hybridized carbons (Fsp3) is 0.345. The van der Waals surface area contributed by atoms with Crippen LogP contribution in [0.3, 0.4) is 0 Å². The zero-order valence-corrected chi connectivity index (χ0v) is 38.9. The number of hydrogen-bond donors (Lipinski definition) is 1. The first kappa shape index (κ1) is 46.4. The number of imide groups is 1. The van der Waals surface area contributed by atoms with Crippen LogP contribution in [0, 0.1) is 17.8 Å². The van der Waals surface area contributed by atoms with E-state index in [4.69, 9.17) is 18.9 Å². The minimum Gasteiger partial charge on any atom is -0.491 e. The third kappa shape index (κ3) is 8.35. The maximum Gasteiger partial charge on any atom is 0.421 e. The van der Waals surface area contributed by atoms with Gasteiger partial charge in [0.05, 0.1) is 42.4 Å². The smallest absolute Gasteiger partial charge is 0.421 e. The second-order valence-electron chi connectivity index (χ2n) is 18.0. The van der Waals surface area contributed by atoms with Crippen molar-refractivity contribution in [2.75, 3.05) is 51.5 Å². The molecule has 1 aromatic heterocycles. The first-order chi connectivity index (χ1) is 34.3. The number of aliphatic hydroxyl groups is 1. The summed E-state index contributed by atoms with van der Waals surface area (Å²) in [4.78, 5) is 67.9. The second kappa shape index (κ2) is 20.3. The van der Waals surface area contributed by atoms with Crippen molar-refractivity contribution in [3.63, 3.8) is 0 Å². The first-order valence-corrected chi connectivity index (χ1v) is 24.0. The molecular formula is C55H54N6O9. The summed E-state index contributed by atoms with van der Waals surface area (Å²) in [5.41, 5.74) is 2.61. The highest BCUT2D eigenvalue weighted by Gasteiger charge is 2.76. The van der Waals surface area contributed by atoms with Crippen LogP contribution in [-0.4, -0.2) is 106 Å². The summed E-state index contributed by atoms with van der Waals surface area (Å²) in [6.45, 7) is 0.699. The summed E-state index contributed by atoms with van der Waals surface area (Å²) >= 11 is 0. The Morgan fingerprint density at radius 3 is 2.26 bits per heavy atom. The van der Waals surface area contributed by atoms with Crippen molar-refractivity contribution in [2.45, 2.75) is 68.3 Å². The summed E-state index contributed by atoms with van der Waals surface area (Å²) < 4.78 is 25.4. The number of aliphatic hydroxyl groups excluding tert-OH is 1. The van der Waals surface area contributed by atoms with Crippen LogP contribution in [0.1, 0.15) is 78.1 Å². The molecule has 6 atom stereocenters. The Kier molecular flexibility index (Phi) is 13.4. The minimum absolute atomic E-state index is 0.00794. The number of amides is 3. The number of morpholine rings is 1. The zero-order chi connectivity index (χ0) is 48.2. The Morgan fingerprint density at radius 2 is 1.50 bits per heavy atom. The molecule has 15 nitrogen and oxygen atoms in total. The average molecular weight is 943 g/mol. The Bertz CT molecular complexity index is 2950. The van der Waals surface area contributed by atoms with Gasteiger partial charge < -0.3 is 29.0 Å². The molecule has 10 rings (SSSR count). The van der Waals surface area contributed by atoms with E-state index in [1.807, 2.05) is 95.9 Å². The standard InChI is InChI=1S/C55H54N6O9/c1-67-33-34-69-54(66)60-44-27-26-37(17-16-30-59-45-25-12-11-24-43(45)56-57-59)35-42(44)55(53(60)65)46(51(63)58-28-13-3-2-4-14-29-58)48-52(64)70-49(39-20-9-6-10-21-39)47(38-18-7-5-8-19-38)61(48)50(55)40-22-15-23-41(36-40)68-32-31-62/h5-12,15,18-27,35-36,46-50,62H,2-4,13-14,28-34H2,1H3/t46-,47-,48-,49+,50+,55-/m0/s1. The number of carbonyl (C=O) groups is 4. The van der Waals surface area contributed by atoms with Crippen LogP contribution in [0.4, 0.5) is 10.5 Å². The van der Waals surface area contributed by atoms with Crippen LogP contribution in [0.25, 0.3) is 11.0 Å². The molecule has 70 heavy (non-hydrogen) atoms. The molecule has 0 aliphatic carbocycles. The van der Waals surface area contributed by atoms with Gasteiger partial charge >= 0.3 is 12.1 Å². The van der Waals surface area contributed by atoms with Crippen LogP contribution < -0.4 is 9.64 Å². The number of para-hydroxylation sites is 1. The van der Waals surface area contributed by atoms with Gasteiger partial charge in [-0.25, -0.2) is 14.4 Å². The van der Waals surface area contributed by atoms with E-state index in [0.717, 1.165) is 53.6 Å². The van der Waals surface area contributed by atoms with Gasteiger partial charge in [0.2, 0.25) is 11.8 Å². The molecule has 0 bridgehead atoms. The molecule has 358 valence electrons. The van der Waals surface area contributed by atoms with Crippen molar-refractivity contribution in [1.29, 1.82) is 0 Å². The highest BCUT2D eigenvalue weighted by atomic mass is 16.6. The van der Waals surface area contributed by atoms with Gasteiger partial charge in [-0.1, -0.05) is 121 Å². The molecule has 5 aromatic carbocycles. The number of rotatable bonds is 11. The fourth-order valence-corrected chi connectivity index (χ4v) is 11.1. The van der Waals surface area contributed by atoms with E-state index >= 15 is 14.4 Å². The Balaban J connectivity index is 1.25. The average Bonchev–Trinajstić information content (AvgIpc) is 4.02. The van der Waals surface area contributed by atoms with E-state index in [2.05, 4.69) is 22.2 Å². The number of methoxy groups -OCH3 is 1. The number of anilines is 1. The Morgan fingerprint density at radius 1 is 0.786 bits per heavy atom. The molecule has 3 saturated heterocycles. The molecule has 4 aliphatic heterocycles. The third-order valence-electron chi connectivity index (χ3n) is 14.0. The van der Waals surface area contributed by atoms with Crippen molar-refractivity contribution in [3.8, 4) is 17.6 Å². The van der Waals surface area contributed by atoms with E-state index in [1.54, 1.807) is 46.0 Å². The van der Waals surface area contributed by atoms with Gasteiger partial charge in [0.25, 0.3) is 0 Å². The summed E-state index contributed by atoms with van der Waals surface area (Å²) in [6, 6.07) is 35.9. The number of benzene rings is 5. The molecule has 0 unspecified atom stereocenters. The van der Waals surface area contributed by atoms with Crippen LogP contribution in [-0.2, 0) is 40.6 Å². The summed E-state index contributed by atoms with van der Waals surface area (Å²) in [7, 11) is 1.48. The number of likely N-dealkylation sites (tertiary alicyclic amines) is 1. The lowest BCUT2D eigenvalue weighted by Crippen LogP contribution is -2.56. The molecule has 1 spiro atoms. The zero-order valence-electron chi connectivity index (χ0n) is 38.9. The summed E-state index contributed by atoms with van der Waals surface area (Å²) in [5.74, 6) is 3.69. The number of ether oxygens (including phenoxy) is 4. The predicted octanol–water partition coefficient (Wildman–Crippen LogP) is 7.10. The van der Waals surface area contributed by atoms with Crippen LogP contribution in [0.5, 0.6) is 5.75 Å². The van der Waals surface area contributed by atoms with Crippen molar-refractivity contribution in [2.24, 2.45) is 5.92 Å². The lowest BCUT2D eigenvalue weighted by molar-refractivity contribution is -0.179. The van der Waals surface area contributed by atoms with E-state index in [1.165, 1.54) is 7.11 Å². The Hall–Kier alpha value is -7.38. The summed E-state index contributed by atoms with van der Waals surface area (Å²) in [5, 5.41) is 18.4. The molecule has 1 N–H and O–H groups in total. The van der Waals surface area contributed by atoms with Gasteiger partial charge in [-0.15, -0.1) is 5.10 Å². The number of cyclic esters (lactones) is 1. The molecule has 0 saturated carbocycles. The topological polar surface area (TPSA) is 166 Å². The van der Waals surface area contributed by atoms with Crippen molar-refractivity contribution in [3.05, 3.63) is 155 Å². The molecular weight excluding hydrogens is 889 g/mol. The van der Waals surface area contributed by atoms with Gasteiger partial charge in [0, 0.05) is 25.8 Å². The van der Waals surface area contributed by atoms with Crippen molar-refractivity contribution < 1.29 is 43.2 Å². The number of nitrogens with zero attached hydrogens (tertiary/aromatic N) is 6. The highest BCUT2D eigenvalue weighted by molar-refractivity contribution is 6.23. The van der Waals surface area contributed by atoms with Crippen LogP contribution in [0.2, 0.25) is 0 Å². The third-order valence-corrected chi connectivity index (χ3v) is 14.0. The van der Waals surface area contributed by atoms with Crippen LogP contribution in [0.15, 0.2) is 127 Å². The molecule has 15 heteroatoms. The van der Waals surface area contributed by atoms with Gasteiger partial charge in [-0.05, 0) is 77.6 Å². The predicted molar refractivity (Wildman–Crippen MR) is 258 cm³/mol. The normalized spacial score (nSPS) is 23.2.